The van der Waals surface area contributed by atoms with E-state index in [-0.39, 0.29) is 13.0 Å². The largest absolute Gasteiger partial charge is 0.443 e. The van der Waals surface area contributed by atoms with Crippen molar-refractivity contribution in [2.75, 3.05) is 6.54 Å². The van der Waals surface area contributed by atoms with Crippen LogP contribution < -0.4 is 5.32 Å². The van der Waals surface area contributed by atoms with Gasteiger partial charge in [0.25, 0.3) is 5.79 Å². The zero-order valence-electron chi connectivity index (χ0n) is 7.84. The van der Waals surface area contributed by atoms with Crippen LogP contribution in [0, 0.1) is 5.92 Å². The van der Waals surface area contributed by atoms with Gasteiger partial charge < -0.3 is 15.5 Å². The maximum Gasteiger partial charge on any atom is 0.443 e. The van der Waals surface area contributed by atoms with E-state index in [9.17, 15) is 18.0 Å². The summed E-state index contributed by atoms with van der Waals surface area (Å²) in [6, 6.07) is 0. The molecule has 0 spiro atoms. The summed E-state index contributed by atoms with van der Waals surface area (Å²) in [5, 5.41) is 20.1. The van der Waals surface area contributed by atoms with Crippen molar-refractivity contribution in [2.45, 2.75) is 31.2 Å². The zero-order valence-corrected chi connectivity index (χ0v) is 7.84. The Morgan fingerprint density at radius 1 is 1.27 bits per heavy atom. The zero-order chi connectivity index (χ0) is 11.7. The minimum Gasteiger partial charge on any atom is -0.358 e. The highest BCUT2D eigenvalue weighted by atomic mass is 19.4. The molecule has 1 rings (SSSR count). The first-order valence-corrected chi connectivity index (χ1v) is 4.56. The molecule has 1 saturated heterocycles. The topological polar surface area (TPSA) is 69.6 Å². The highest BCUT2D eigenvalue weighted by Crippen LogP contribution is 2.37. The molecule has 3 N–H and O–H groups in total. The van der Waals surface area contributed by atoms with Crippen molar-refractivity contribution >= 4 is 5.91 Å². The lowest BCUT2D eigenvalue weighted by Crippen LogP contribution is -2.55. The molecule has 88 valence electrons. The second kappa shape index (κ2) is 3.97. The molecule has 1 unspecified atom stereocenters. The Kier molecular flexibility index (Phi) is 3.25. The lowest BCUT2D eigenvalue weighted by Gasteiger charge is -2.30. The van der Waals surface area contributed by atoms with Crippen LogP contribution in [-0.4, -0.2) is 34.6 Å². The van der Waals surface area contributed by atoms with Crippen LogP contribution in [0.2, 0.25) is 0 Å². The Morgan fingerprint density at radius 2 is 1.87 bits per heavy atom. The number of hydrogen-bond acceptors (Lipinski definition) is 3. The summed E-state index contributed by atoms with van der Waals surface area (Å²) in [5.74, 6) is -6.75. The molecule has 0 saturated carbocycles. The maximum atomic E-state index is 12.2. The lowest BCUT2D eigenvalue weighted by molar-refractivity contribution is -0.365. The number of alkyl halides is 3. The molecule has 4 nitrogen and oxygen atoms in total. The number of halogens is 3. The SMILES string of the molecule is O=C1NCCCCC1C(O)(O)C(F)(F)F. The van der Waals surface area contributed by atoms with Crippen LogP contribution >= 0.6 is 0 Å². The monoisotopic (exact) mass is 227 g/mol. The first-order chi connectivity index (χ1) is 6.77. The minimum absolute atomic E-state index is 0.182. The summed E-state index contributed by atoms with van der Waals surface area (Å²) >= 11 is 0. The number of rotatable bonds is 1. The molecule has 0 bridgehead atoms. The van der Waals surface area contributed by atoms with E-state index in [1.807, 2.05) is 0 Å². The molecule has 1 aliphatic heterocycles. The van der Waals surface area contributed by atoms with Gasteiger partial charge in [-0.25, -0.2) is 0 Å². The van der Waals surface area contributed by atoms with Gasteiger partial charge in [0.15, 0.2) is 0 Å². The molecule has 0 radical (unpaired) electrons. The van der Waals surface area contributed by atoms with Crippen molar-refractivity contribution in [3.05, 3.63) is 0 Å². The molecule has 1 fully saturated rings. The number of nitrogens with one attached hydrogen (secondary N) is 1. The van der Waals surface area contributed by atoms with E-state index in [0.717, 1.165) is 0 Å². The fraction of sp³-hybridized carbons (Fsp3) is 0.875. The van der Waals surface area contributed by atoms with Gasteiger partial charge in [-0.1, -0.05) is 6.42 Å². The predicted octanol–water partition coefficient (Wildman–Crippen LogP) is 0.146. The first-order valence-electron chi connectivity index (χ1n) is 4.56. The Balaban J connectivity index is 2.88. The van der Waals surface area contributed by atoms with Crippen molar-refractivity contribution in [1.82, 2.24) is 5.32 Å². The van der Waals surface area contributed by atoms with Crippen molar-refractivity contribution in [3.8, 4) is 0 Å². The van der Waals surface area contributed by atoms with Crippen LogP contribution in [0.4, 0.5) is 13.2 Å². The summed E-state index contributed by atoms with van der Waals surface area (Å²) in [4.78, 5) is 11.2. The van der Waals surface area contributed by atoms with Crippen molar-refractivity contribution in [1.29, 1.82) is 0 Å². The number of carbonyl (C=O) groups is 1. The van der Waals surface area contributed by atoms with E-state index in [4.69, 9.17) is 10.2 Å². The second-order valence-electron chi connectivity index (χ2n) is 3.56. The molecule has 7 heteroatoms. The van der Waals surface area contributed by atoms with Crippen LogP contribution in [0.3, 0.4) is 0 Å². The number of amides is 1. The van der Waals surface area contributed by atoms with Crippen molar-refractivity contribution in [2.24, 2.45) is 5.92 Å². The van der Waals surface area contributed by atoms with Crippen LogP contribution in [0.25, 0.3) is 0 Å². The van der Waals surface area contributed by atoms with Gasteiger partial charge in [0.1, 0.15) is 5.92 Å². The van der Waals surface area contributed by atoms with Crippen LogP contribution in [0.5, 0.6) is 0 Å². The Bertz CT molecular complexity index is 252. The molecule has 1 amide bonds. The quantitative estimate of drug-likeness (QED) is 0.558. The Labute approximate surface area is 84.1 Å². The number of hydrogen-bond donors (Lipinski definition) is 3. The average Bonchev–Trinajstić information content (AvgIpc) is 2.27. The Morgan fingerprint density at radius 3 is 2.40 bits per heavy atom. The fourth-order valence-electron chi connectivity index (χ4n) is 1.52. The molecule has 1 atom stereocenters. The summed E-state index contributed by atoms with van der Waals surface area (Å²) < 4.78 is 36.7. The van der Waals surface area contributed by atoms with E-state index in [2.05, 4.69) is 5.32 Å². The lowest BCUT2D eigenvalue weighted by atomic mass is 9.92. The molecule has 15 heavy (non-hydrogen) atoms. The fourth-order valence-corrected chi connectivity index (χ4v) is 1.52. The summed E-state index contributed by atoms with van der Waals surface area (Å²) in [6.07, 6.45) is -4.52. The predicted molar refractivity (Wildman–Crippen MR) is 43.6 cm³/mol. The van der Waals surface area contributed by atoms with E-state index in [1.165, 1.54) is 0 Å². The molecule has 0 aromatic carbocycles. The molecule has 0 aromatic heterocycles. The normalized spacial score (nSPS) is 24.6. The summed E-state index contributed by atoms with van der Waals surface area (Å²) in [6.45, 7) is 0.267. The van der Waals surface area contributed by atoms with E-state index < -0.39 is 23.8 Å². The standard InChI is InChI=1S/C8H12F3NO3/c9-8(10,11)7(14,15)5-3-1-2-4-12-6(5)13/h5,14-15H,1-4H2,(H,12,13). The molecule has 1 aliphatic rings. The van der Waals surface area contributed by atoms with Crippen molar-refractivity contribution in [3.63, 3.8) is 0 Å². The molecular weight excluding hydrogens is 215 g/mol. The maximum absolute atomic E-state index is 12.2. The first kappa shape index (κ1) is 12.3. The number of aliphatic hydroxyl groups is 2. The average molecular weight is 227 g/mol. The van der Waals surface area contributed by atoms with Gasteiger partial charge in [0.05, 0.1) is 0 Å². The van der Waals surface area contributed by atoms with Gasteiger partial charge in [-0.15, -0.1) is 0 Å². The van der Waals surface area contributed by atoms with E-state index >= 15 is 0 Å². The third-order valence-electron chi connectivity index (χ3n) is 2.44. The van der Waals surface area contributed by atoms with Crippen LogP contribution in [-0.2, 0) is 4.79 Å². The Hall–Kier alpha value is -0.820. The molecule has 0 aliphatic carbocycles. The molecule has 1 heterocycles. The van der Waals surface area contributed by atoms with Gasteiger partial charge in [-0.05, 0) is 12.8 Å². The van der Waals surface area contributed by atoms with Gasteiger partial charge in [0.2, 0.25) is 5.91 Å². The number of carbonyl (C=O) groups excluding carboxylic acids is 1. The van der Waals surface area contributed by atoms with Gasteiger partial charge >= 0.3 is 6.18 Å². The van der Waals surface area contributed by atoms with Crippen LogP contribution in [0.15, 0.2) is 0 Å². The summed E-state index contributed by atoms with van der Waals surface area (Å²) in [5.41, 5.74) is 0. The smallest absolute Gasteiger partial charge is 0.358 e. The molecule has 0 aromatic rings. The van der Waals surface area contributed by atoms with Gasteiger partial charge in [-0.3, -0.25) is 4.79 Å². The van der Waals surface area contributed by atoms with Gasteiger partial charge in [-0.2, -0.15) is 13.2 Å². The van der Waals surface area contributed by atoms with E-state index in [1.54, 1.807) is 0 Å². The van der Waals surface area contributed by atoms with E-state index in [0.29, 0.717) is 12.8 Å². The highest BCUT2D eigenvalue weighted by Gasteiger charge is 2.60. The minimum atomic E-state index is -5.22. The highest BCUT2D eigenvalue weighted by molar-refractivity contribution is 5.79. The third kappa shape index (κ3) is 2.40. The molecular formula is C8H12F3NO3. The third-order valence-corrected chi connectivity index (χ3v) is 2.44. The second-order valence-corrected chi connectivity index (χ2v) is 3.56. The van der Waals surface area contributed by atoms with Crippen molar-refractivity contribution < 1.29 is 28.2 Å². The summed E-state index contributed by atoms with van der Waals surface area (Å²) in [7, 11) is 0. The van der Waals surface area contributed by atoms with Gasteiger partial charge in [0, 0.05) is 6.54 Å². The van der Waals surface area contributed by atoms with Crippen LogP contribution in [0.1, 0.15) is 19.3 Å².